The highest BCUT2D eigenvalue weighted by Gasteiger charge is 1.88. The quantitative estimate of drug-likeness (QED) is 0.406. The lowest BCUT2D eigenvalue weighted by molar-refractivity contribution is -0.111. The van der Waals surface area contributed by atoms with E-state index in [1.807, 2.05) is 0 Å². The second kappa shape index (κ2) is 3.44. The normalized spacial score (nSPS) is 8.33. The van der Waals surface area contributed by atoms with E-state index in [1.54, 1.807) is 0 Å². The fourth-order valence-electron chi connectivity index (χ4n) is 0.0743. The Morgan fingerprint density at radius 3 is 2.33 bits per heavy atom. The first kappa shape index (κ1) is 6.25. The van der Waals surface area contributed by atoms with Crippen LogP contribution < -0.4 is 0 Å². The van der Waals surface area contributed by atoms with E-state index in [1.165, 1.54) is 0 Å². The minimum atomic E-state index is -0.370. The molecule has 0 aromatic rings. The fraction of sp³-hybridized carbons (Fsp3) is 0.667. The summed E-state index contributed by atoms with van der Waals surface area (Å²) in [6, 6.07) is 0. The molecule has 36 valence electrons. The molecule has 0 saturated carbocycles. The molecule has 0 atom stereocenters. The Balaban J connectivity index is 0. The number of hydrogen-bond acceptors (Lipinski definition) is 1. The van der Waals surface area contributed by atoms with Gasteiger partial charge in [-0.25, -0.2) is 0 Å². The third-order valence-corrected chi connectivity index (χ3v) is 0.669. The summed E-state index contributed by atoms with van der Waals surface area (Å²) in [6.07, 6.45) is 0.267. The lowest BCUT2D eigenvalue weighted by Gasteiger charge is -1.76. The fourth-order valence-corrected chi connectivity index (χ4v) is 0.437. The van der Waals surface area contributed by atoms with E-state index in [4.69, 9.17) is 23.2 Å². The van der Waals surface area contributed by atoms with Gasteiger partial charge in [-0.1, -0.05) is 0 Å². The Hall–Kier alpha value is 0.250. The Morgan fingerprint density at radius 1 is 1.83 bits per heavy atom. The number of carbonyl (C=O) groups excluding carboxylic acids is 1. The van der Waals surface area contributed by atoms with Crippen molar-refractivity contribution in [2.45, 2.75) is 6.42 Å². The van der Waals surface area contributed by atoms with Crippen LogP contribution in [0.15, 0.2) is 0 Å². The van der Waals surface area contributed by atoms with Crippen molar-refractivity contribution in [3.63, 3.8) is 0 Å². The molecule has 0 aliphatic carbocycles. The van der Waals surface area contributed by atoms with Crippen molar-refractivity contribution < 1.29 is 6.22 Å². The van der Waals surface area contributed by atoms with E-state index in [0.717, 1.165) is 0 Å². The van der Waals surface area contributed by atoms with Crippen LogP contribution in [0.3, 0.4) is 0 Å². The molecule has 0 aromatic heterocycles. The largest absolute Gasteiger partial charge is 1.00 e. The summed E-state index contributed by atoms with van der Waals surface area (Å²) in [5.74, 6) is 0.322. The molecular weight excluding hydrogens is 123 g/mol. The van der Waals surface area contributed by atoms with Gasteiger partial charge in [0.25, 0.3) is 0 Å². The molecule has 0 unspecified atom stereocenters. The Bertz CT molecular complexity index is 56.9. The number of alkyl halides is 1. The summed E-state index contributed by atoms with van der Waals surface area (Å²) in [7, 11) is 0. The van der Waals surface area contributed by atoms with Crippen LogP contribution in [0.5, 0.6) is 0 Å². The molecule has 0 heterocycles. The van der Waals surface area contributed by atoms with Crippen LogP contribution in [0.25, 0.3) is 0 Å². The van der Waals surface area contributed by atoms with Crippen molar-refractivity contribution in [3.8, 4) is 0 Å². The van der Waals surface area contributed by atoms with Crippen molar-refractivity contribution in [1.29, 1.82) is 0 Å². The maximum absolute atomic E-state index is 9.72. The molecule has 0 radical (unpaired) electrons. The van der Waals surface area contributed by atoms with E-state index in [0.29, 0.717) is 5.88 Å². The van der Waals surface area contributed by atoms with Gasteiger partial charge in [0, 0.05) is 12.3 Å². The highest BCUT2D eigenvalue weighted by molar-refractivity contribution is 6.63. The molecule has 0 spiro atoms. The zero-order valence-corrected chi connectivity index (χ0v) is 4.59. The van der Waals surface area contributed by atoms with Gasteiger partial charge in [0.1, 0.15) is 0 Å². The van der Waals surface area contributed by atoms with E-state index < -0.39 is 0 Å². The number of rotatable bonds is 2. The predicted molar refractivity (Wildman–Crippen MR) is 27.3 cm³/mol. The number of carbonyl (C=O) groups is 1. The van der Waals surface area contributed by atoms with Gasteiger partial charge in [-0.3, -0.25) is 4.79 Å². The lowest BCUT2D eigenvalue weighted by Crippen LogP contribution is -1.83. The summed E-state index contributed by atoms with van der Waals surface area (Å²) in [4.78, 5) is 9.72. The maximum Gasteiger partial charge on any atom is 1.00 e. The van der Waals surface area contributed by atoms with Crippen molar-refractivity contribution in [3.05, 3.63) is 0 Å². The SMILES string of the molecule is O=C(Cl)CCCl.[H+]. The van der Waals surface area contributed by atoms with Gasteiger partial charge < -0.3 is 0 Å². The van der Waals surface area contributed by atoms with Gasteiger partial charge in [-0.2, -0.15) is 0 Å². The van der Waals surface area contributed by atoms with Crippen molar-refractivity contribution in [2.75, 3.05) is 5.88 Å². The van der Waals surface area contributed by atoms with Gasteiger partial charge in [-0.15, -0.1) is 11.6 Å². The first-order chi connectivity index (χ1) is 2.77. The molecular formula is C3H5Cl2O+. The van der Waals surface area contributed by atoms with Gasteiger partial charge in [0.15, 0.2) is 0 Å². The third-order valence-electron chi connectivity index (χ3n) is 0.291. The molecule has 0 saturated heterocycles. The second-order valence-electron chi connectivity index (χ2n) is 0.794. The van der Waals surface area contributed by atoms with Crippen LogP contribution in [0.1, 0.15) is 7.85 Å². The highest BCUT2D eigenvalue weighted by Crippen LogP contribution is 1.88. The van der Waals surface area contributed by atoms with Crippen molar-refractivity contribution in [1.82, 2.24) is 0 Å². The molecule has 6 heavy (non-hydrogen) atoms. The number of halogens is 2. The molecule has 0 aromatic carbocycles. The second-order valence-corrected chi connectivity index (χ2v) is 1.59. The smallest absolute Gasteiger partial charge is 0.281 e. The van der Waals surface area contributed by atoms with Gasteiger partial charge >= 0.3 is 1.43 Å². The van der Waals surface area contributed by atoms with Crippen LogP contribution in [-0.4, -0.2) is 11.1 Å². The molecule has 0 aliphatic rings. The number of hydrogen-bond donors (Lipinski definition) is 0. The Labute approximate surface area is 47.7 Å². The first-order valence-electron chi connectivity index (χ1n) is 1.51. The summed E-state index contributed by atoms with van der Waals surface area (Å²) in [6.45, 7) is 0. The monoisotopic (exact) mass is 127 g/mol. The summed E-state index contributed by atoms with van der Waals surface area (Å²) in [5.41, 5.74) is 0. The van der Waals surface area contributed by atoms with Crippen molar-refractivity contribution >= 4 is 28.4 Å². The van der Waals surface area contributed by atoms with E-state index in [2.05, 4.69) is 0 Å². The summed E-state index contributed by atoms with van der Waals surface area (Å²) >= 11 is 9.95. The van der Waals surface area contributed by atoms with E-state index in [9.17, 15) is 4.79 Å². The van der Waals surface area contributed by atoms with Crippen LogP contribution in [0, 0.1) is 0 Å². The van der Waals surface area contributed by atoms with Gasteiger partial charge in [-0.05, 0) is 11.6 Å². The molecule has 0 amide bonds. The summed E-state index contributed by atoms with van der Waals surface area (Å²) in [5, 5.41) is -0.370. The molecule has 1 nitrogen and oxygen atoms in total. The predicted octanol–water partition coefficient (Wildman–Crippen LogP) is 1.49. The average molecular weight is 128 g/mol. The average Bonchev–Trinajstić information content (AvgIpc) is 1.35. The molecule has 0 N–H and O–H groups in total. The minimum absolute atomic E-state index is 0. The van der Waals surface area contributed by atoms with Crippen LogP contribution in [-0.2, 0) is 4.79 Å². The molecule has 0 bridgehead atoms. The zero-order chi connectivity index (χ0) is 4.99. The minimum Gasteiger partial charge on any atom is -0.281 e. The van der Waals surface area contributed by atoms with Crippen molar-refractivity contribution in [2.24, 2.45) is 0 Å². The van der Waals surface area contributed by atoms with Gasteiger partial charge in [0.05, 0.1) is 0 Å². The molecule has 0 rings (SSSR count). The standard InChI is InChI=1S/C3H4Cl2O/c4-2-1-3(5)6/h1-2H2/p+1. The maximum atomic E-state index is 9.72. The third kappa shape index (κ3) is 4.25. The molecule has 0 aliphatic heterocycles. The summed E-state index contributed by atoms with van der Waals surface area (Å²) < 4.78 is 0. The van der Waals surface area contributed by atoms with E-state index in [-0.39, 0.29) is 13.1 Å². The zero-order valence-electron chi connectivity index (χ0n) is 4.08. The molecule has 3 heteroatoms. The Morgan fingerprint density at radius 2 is 2.33 bits per heavy atom. The van der Waals surface area contributed by atoms with Gasteiger partial charge in [0.2, 0.25) is 5.24 Å². The Kier molecular flexibility index (Phi) is 3.58. The topological polar surface area (TPSA) is 17.1 Å². The highest BCUT2D eigenvalue weighted by atomic mass is 35.5. The van der Waals surface area contributed by atoms with Crippen LogP contribution in [0.2, 0.25) is 0 Å². The first-order valence-corrected chi connectivity index (χ1v) is 2.43. The van der Waals surface area contributed by atoms with Crippen LogP contribution in [0.4, 0.5) is 0 Å². The van der Waals surface area contributed by atoms with Crippen LogP contribution >= 0.6 is 23.2 Å². The lowest BCUT2D eigenvalue weighted by atomic mass is 10.6. The van der Waals surface area contributed by atoms with E-state index >= 15 is 0 Å². The molecule has 0 fully saturated rings.